The molecule has 5 nitrogen and oxygen atoms in total. The number of nitrogens with one attached hydrogen (secondary N) is 1. The second-order valence-corrected chi connectivity index (χ2v) is 7.82. The van der Waals surface area contributed by atoms with E-state index in [4.69, 9.17) is 0 Å². The highest BCUT2D eigenvalue weighted by atomic mass is 16.2. The summed E-state index contributed by atoms with van der Waals surface area (Å²) in [6, 6.07) is 28.2. The minimum Gasteiger partial charge on any atom is -0.327 e. The lowest BCUT2D eigenvalue weighted by Crippen LogP contribution is -2.60. The second kappa shape index (κ2) is 9.58. The summed E-state index contributed by atoms with van der Waals surface area (Å²) in [6.45, 7) is 0.789. The van der Waals surface area contributed by atoms with Gasteiger partial charge in [0, 0.05) is 12.2 Å². The van der Waals surface area contributed by atoms with E-state index >= 15 is 0 Å². The van der Waals surface area contributed by atoms with Crippen molar-refractivity contribution in [1.29, 1.82) is 0 Å². The van der Waals surface area contributed by atoms with Crippen molar-refractivity contribution in [2.45, 2.75) is 12.5 Å². The van der Waals surface area contributed by atoms with Gasteiger partial charge in [0.2, 0.25) is 11.8 Å². The molecule has 3 aromatic carbocycles. The standard InChI is InChI=1S/C26H27N3O2/c1-27-17-25(30)29-19-26(31)28(18-24(29)15-20-9-4-2-5-10-20)23-14-8-13-22(16-23)21-11-6-3-7-12-21/h2-14,16,24,27H,15,17-19H2,1H3. The van der Waals surface area contributed by atoms with Gasteiger partial charge in [-0.1, -0.05) is 72.8 Å². The highest BCUT2D eigenvalue weighted by Crippen LogP contribution is 2.27. The van der Waals surface area contributed by atoms with E-state index in [1.807, 2.05) is 53.4 Å². The number of carbonyl (C=O) groups is 2. The van der Waals surface area contributed by atoms with Gasteiger partial charge in [-0.05, 0) is 42.3 Å². The first kappa shape index (κ1) is 20.8. The number of piperazine rings is 1. The highest BCUT2D eigenvalue weighted by Gasteiger charge is 2.35. The lowest BCUT2D eigenvalue weighted by atomic mass is 10.00. The Hall–Kier alpha value is -3.44. The molecular weight excluding hydrogens is 386 g/mol. The molecule has 0 aromatic heterocycles. The predicted octanol–water partition coefficient (Wildman–Crippen LogP) is 3.36. The number of likely N-dealkylation sites (N-methyl/N-ethyl adjacent to an activating group) is 1. The molecule has 3 aromatic rings. The van der Waals surface area contributed by atoms with Crippen LogP contribution >= 0.6 is 0 Å². The zero-order valence-corrected chi connectivity index (χ0v) is 17.7. The molecule has 5 heteroatoms. The average Bonchev–Trinajstić information content (AvgIpc) is 2.81. The third-order valence-electron chi connectivity index (χ3n) is 5.67. The molecule has 31 heavy (non-hydrogen) atoms. The first-order valence-corrected chi connectivity index (χ1v) is 10.6. The van der Waals surface area contributed by atoms with Gasteiger partial charge >= 0.3 is 0 Å². The SMILES string of the molecule is CNCC(=O)N1CC(=O)N(c2cccc(-c3ccccc3)c2)CC1Cc1ccccc1. The van der Waals surface area contributed by atoms with Gasteiger partial charge in [-0.25, -0.2) is 0 Å². The van der Waals surface area contributed by atoms with Crippen molar-refractivity contribution < 1.29 is 9.59 Å². The van der Waals surface area contributed by atoms with Crippen molar-refractivity contribution in [1.82, 2.24) is 10.2 Å². The summed E-state index contributed by atoms with van der Waals surface area (Å²) in [5.41, 5.74) is 4.20. The number of nitrogens with zero attached hydrogens (tertiary/aromatic N) is 2. The zero-order chi connectivity index (χ0) is 21.6. The summed E-state index contributed by atoms with van der Waals surface area (Å²) < 4.78 is 0. The highest BCUT2D eigenvalue weighted by molar-refractivity contribution is 5.99. The molecule has 0 saturated carbocycles. The molecule has 1 aliphatic heterocycles. The van der Waals surface area contributed by atoms with Gasteiger partial charge < -0.3 is 15.1 Å². The smallest absolute Gasteiger partial charge is 0.246 e. The largest absolute Gasteiger partial charge is 0.327 e. The molecule has 1 saturated heterocycles. The van der Waals surface area contributed by atoms with Crippen LogP contribution in [0, 0.1) is 0 Å². The summed E-state index contributed by atoms with van der Waals surface area (Å²) in [5.74, 6) is -0.103. The van der Waals surface area contributed by atoms with Gasteiger partial charge in [-0.3, -0.25) is 9.59 Å². The van der Waals surface area contributed by atoms with Gasteiger partial charge in [0.25, 0.3) is 0 Å². The van der Waals surface area contributed by atoms with Crippen LogP contribution in [0.4, 0.5) is 5.69 Å². The number of hydrogen-bond donors (Lipinski definition) is 1. The fourth-order valence-electron chi connectivity index (χ4n) is 4.11. The number of amides is 2. The van der Waals surface area contributed by atoms with Gasteiger partial charge in [0.15, 0.2) is 0 Å². The number of hydrogen-bond acceptors (Lipinski definition) is 3. The van der Waals surface area contributed by atoms with E-state index in [2.05, 4.69) is 41.7 Å². The molecule has 158 valence electrons. The Labute approximate surface area is 183 Å². The Morgan fingerprint density at radius 3 is 2.32 bits per heavy atom. The minimum absolute atomic E-state index is 0.0468. The van der Waals surface area contributed by atoms with Crippen molar-refractivity contribution in [2.24, 2.45) is 0 Å². The van der Waals surface area contributed by atoms with Crippen LogP contribution in [0.15, 0.2) is 84.9 Å². The van der Waals surface area contributed by atoms with Gasteiger partial charge in [0.1, 0.15) is 6.54 Å². The van der Waals surface area contributed by atoms with E-state index < -0.39 is 0 Å². The molecular formula is C26H27N3O2. The van der Waals surface area contributed by atoms with Crippen molar-refractivity contribution in [3.63, 3.8) is 0 Å². The van der Waals surface area contributed by atoms with Crippen LogP contribution in [0.25, 0.3) is 11.1 Å². The zero-order valence-electron chi connectivity index (χ0n) is 17.7. The van der Waals surface area contributed by atoms with E-state index in [0.29, 0.717) is 13.0 Å². The molecule has 1 atom stereocenters. The molecule has 0 aliphatic carbocycles. The third kappa shape index (κ3) is 4.84. The van der Waals surface area contributed by atoms with Crippen LogP contribution in [-0.2, 0) is 16.0 Å². The lowest BCUT2D eigenvalue weighted by Gasteiger charge is -2.41. The van der Waals surface area contributed by atoms with E-state index in [-0.39, 0.29) is 30.9 Å². The van der Waals surface area contributed by atoms with Crippen LogP contribution in [0.5, 0.6) is 0 Å². The molecule has 1 heterocycles. The molecule has 1 unspecified atom stereocenters. The van der Waals surface area contributed by atoms with Crippen molar-refractivity contribution in [3.05, 3.63) is 90.5 Å². The number of anilines is 1. The molecule has 1 fully saturated rings. The van der Waals surface area contributed by atoms with Crippen LogP contribution in [-0.4, -0.2) is 49.4 Å². The van der Waals surface area contributed by atoms with Crippen LogP contribution in [0.3, 0.4) is 0 Å². The van der Waals surface area contributed by atoms with Gasteiger partial charge in [0.05, 0.1) is 12.6 Å². The topological polar surface area (TPSA) is 52.7 Å². The van der Waals surface area contributed by atoms with E-state index in [9.17, 15) is 9.59 Å². The minimum atomic E-state index is -0.0821. The molecule has 0 bridgehead atoms. The Morgan fingerprint density at radius 1 is 0.935 bits per heavy atom. The summed E-state index contributed by atoms with van der Waals surface area (Å²) >= 11 is 0. The van der Waals surface area contributed by atoms with Gasteiger partial charge in [-0.15, -0.1) is 0 Å². The van der Waals surface area contributed by atoms with Gasteiger partial charge in [-0.2, -0.15) is 0 Å². The lowest BCUT2D eigenvalue weighted by molar-refractivity contribution is -0.138. The molecule has 2 amide bonds. The Morgan fingerprint density at radius 2 is 1.61 bits per heavy atom. The summed E-state index contributed by atoms with van der Waals surface area (Å²) in [6.07, 6.45) is 0.707. The maximum absolute atomic E-state index is 13.1. The van der Waals surface area contributed by atoms with E-state index in [1.165, 1.54) is 0 Å². The average molecular weight is 414 g/mol. The molecule has 4 rings (SSSR count). The molecule has 1 aliphatic rings. The van der Waals surface area contributed by atoms with E-state index in [1.54, 1.807) is 11.9 Å². The van der Waals surface area contributed by atoms with Crippen LogP contribution < -0.4 is 10.2 Å². The number of rotatable bonds is 6. The first-order chi connectivity index (χ1) is 15.2. The van der Waals surface area contributed by atoms with Crippen molar-refractivity contribution >= 4 is 17.5 Å². The molecule has 0 radical (unpaired) electrons. The first-order valence-electron chi connectivity index (χ1n) is 10.6. The number of carbonyl (C=O) groups excluding carboxylic acids is 2. The fraction of sp³-hybridized carbons (Fsp3) is 0.231. The Balaban J connectivity index is 1.62. The summed E-state index contributed by atoms with van der Waals surface area (Å²) in [4.78, 5) is 29.3. The predicted molar refractivity (Wildman–Crippen MR) is 124 cm³/mol. The van der Waals surface area contributed by atoms with Crippen molar-refractivity contribution in [3.8, 4) is 11.1 Å². The maximum Gasteiger partial charge on any atom is 0.246 e. The molecule has 1 N–H and O–H groups in total. The Bertz CT molecular complexity index is 1040. The van der Waals surface area contributed by atoms with Crippen molar-refractivity contribution in [2.75, 3.05) is 31.6 Å². The Kier molecular flexibility index (Phi) is 6.43. The molecule has 0 spiro atoms. The van der Waals surface area contributed by atoms with Crippen LogP contribution in [0.2, 0.25) is 0 Å². The van der Waals surface area contributed by atoms with Crippen LogP contribution in [0.1, 0.15) is 5.56 Å². The summed E-state index contributed by atoms with van der Waals surface area (Å²) in [5, 5.41) is 2.92. The fourth-order valence-corrected chi connectivity index (χ4v) is 4.11. The quantitative estimate of drug-likeness (QED) is 0.674. The monoisotopic (exact) mass is 413 g/mol. The van der Waals surface area contributed by atoms with E-state index in [0.717, 1.165) is 22.4 Å². The number of benzene rings is 3. The maximum atomic E-state index is 13.1. The second-order valence-electron chi connectivity index (χ2n) is 7.82. The third-order valence-corrected chi connectivity index (χ3v) is 5.67. The summed E-state index contributed by atoms with van der Waals surface area (Å²) in [7, 11) is 1.75. The normalized spacial score (nSPS) is 16.4.